The number of aromatic amines is 2. The lowest BCUT2D eigenvalue weighted by Crippen LogP contribution is -2.05. The Bertz CT molecular complexity index is 1770. The molecule has 3 heterocycles. The van der Waals surface area contributed by atoms with E-state index in [1.807, 2.05) is 42.5 Å². The van der Waals surface area contributed by atoms with Crippen LogP contribution >= 0.6 is 11.3 Å². The normalized spacial score (nSPS) is 11.5. The van der Waals surface area contributed by atoms with Crippen molar-refractivity contribution in [1.29, 1.82) is 0 Å². The molecule has 37 heavy (non-hydrogen) atoms. The van der Waals surface area contributed by atoms with Crippen LogP contribution in [-0.2, 0) is 4.74 Å². The third kappa shape index (κ3) is 4.37. The van der Waals surface area contributed by atoms with Crippen molar-refractivity contribution in [3.05, 3.63) is 84.7 Å². The van der Waals surface area contributed by atoms with Crippen LogP contribution in [0, 0.1) is 12.5 Å². The molecule has 0 aliphatic heterocycles. The molecule has 3 aromatic heterocycles. The molecule has 0 aliphatic rings. The van der Waals surface area contributed by atoms with Gasteiger partial charge in [0.05, 0.1) is 12.0 Å². The first kappa shape index (κ1) is 22.4. The number of hydrogen-bond acceptors (Lipinski definition) is 7. The fourth-order valence-electron chi connectivity index (χ4n) is 3.97. The molecule has 0 aliphatic carbocycles. The van der Waals surface area contributed by atoms with Crippen LogP contribution in [0.25, 0.3) is 54.7 Å². The Morgan fingerprint density at radius 1 is 0.838 bits per heavy atom. The fourth-order valence-corrected chi connectivity index (χ4v) is 5.01. The number of benzene rings is 3. The van der Waals surface area contributed by atoms with Crippen molar-refractivity contribution in [2.24, 2.45) is 4.99 Å². The molecular weight excluding hydrogens is 482 g/mol. The minimum Gasteiger partial charge on any atom is -0.478 e. The molecule has 0 unspecified atom stereocenters. The third-order valence-electron chi connectivity index (χ3n) is 5.79. The minimum atomic E-state index is 0.211. The van der Waals surface area contributed by atoms with Gasteiger partial charge in [-0.3, -0.25) is 10.2 Å². The van der Waals surface area contributed by atoms with E-state index in [2.05, 4.69) is 72.8 Å². The highest BCUT2D eigenvalue weighted by Crippen LogP contribution is 2.35. The standard InChI is InChI=1S/C28H19N7OS/c1-3-29-28(36-2)27-31-25(33-35-27)19-11-9-17(10-12-19)20-13-14-21-16-23(37-22(21)15-20)26-30-24(32-34-26)18-7-5-4-6-8-18/h1,4-16H,2H3,(H,30,32,34)(H,31,33,35). The predicted octanol–water partition coefficient (Wildman–Crippen LogP) is 5.79. The first-order chi connectivity index (χ1) is 18.2. The van der Waals surface area contributed by atoms with Crippen molar-refractivity contribution >= 4 is 27.3 Å². The molecule has 178 valence electrons. The lowest BCUT2D eigenvalue weighted by atomic mass is 10.0. The molecule has 0 amide bonds. The Morgan fingerprint density at radius 2 is 1.54 bits per heavy atom. The quantitative estimate of drug-likeness (QED) is 0.177. The summed E-state index contributed by atoms with van der Waals surface area (Å²) in [5.41, 5.74) is 4.06. The summed E-state index contributed by atoms with van der Waals surface area (Å²) in [4.78, 5) is 14.0. The maximum atomic E-state index is 5.23. The number of H-pyrrole nitrogens is 2. The molecule has 3 aromatic carbocycles. The number of aromatic nitrogens is 6. The Labute approximate surface area is 216 Å². The highest BCUT2D eigenvalue weighted by molar-refractivity contribution is 7.22. The van der Waals surface area contributed by atoms with E-state index in [0.29, 0.717) is 17.5 Å². The van der Waals surface area contributed by atoms with Gasteiger partial charge in [-0.15, -0.1) is 11.3 Å². The van der Waals surface area contributed by atoms with Crippen molar-refractivity contribution in [2.75, 3.05) is 7.11 Å². The molecule has 0 saturated heterocycles. The predicted molar refractivity (Wildman–Crippen MR) is 146 cm³/mol. The summed E-state index contributed by atoms with van der Waals surface area (Å²) in [6, 6.07) is 28.8. The summed E-state index contributed by atoms with van der Waals surface area (Å²) in [5, 5.41) is 15.7. The highest BCUT2D eigenvalue weighted by atomic mass is 32.1. The SMILES string of the molecule is C#CN=C(OC)c1nc(-c2ccc(-c3ccc4cc(-c5nc(-c6ccccc6)n[nH]5)sc4c3)cc2)n[nH]1. The van der Waals surface area contributed by atoms with Gasteiger partial charge in [-0.1, -0.05) is 73.2 Å². The molecule has 0 radical (unpaired) electrons. The second-order valence-corrected chi connectivity index (χ2v) is 9.16. The smallest absolute Gasteiger partial charge is 0.267 e. The molecular formula is C28H19N7OS. The van der Waals surface area contributed by atoms with E-state index in [9.17, 15) is 0 Å². The van der Waals surface area contributed by atoms with Crippen molar-refractivity contribution < 1.29 is 4.74 Å². The molecule has 9 heteroatoms. The highest BCUT2D eigenvalue weighted by Gasteiger charge is 2.13. The van der Waals surface area contributed by atoms with Gasteiger partial charge in [0.25, 0.3) is 5.90 Å². The van der Waals surface area contributed by atoms with Gasteiger partial charge < -0.3 is 4.74 Å². The Morgan fingerprint density at radius 3 is 2.32 bits per heavy atom. The zero-order chi connectivity index (χ0) is 25.2. The van der Waals surface area contributed by atoms with E-state index < -0.39 is 0 Å². The van der Waals surface area contributed by atoms with Crippen molar-refractivity contribution in [2.45, 2.75) is 0 Å². The number of terminal acetylenes is 1. The molecule has 6 aromatic rings. The Hall–Kier alpha value is -5.07. The fraction of sp³-hybridized carbons (Fsp3) is 0.0357. The molecule has 0 spiro atoms. The lowest BCUT2D eigenvalue weighted by molar-refractivity contribution is 0.402. The molecule has 0 bridgehead atoms. The van der Waals surface area contributed by atoms with Crippen molar-refractivity contribution in [1.82, 2.24) is 30.4 Å². The molecule has 8 nitrogen and oxygen atoms in total. The first-order valence-corrected chi connectivity index (χ1v) is 12.2. The van der Waals surface area contributed by atoms with Crippen molar-refractivity contribution in [3.63, 3.8) is 0 Å². The van der Waals surface area contributed by atoms with Gasteiger partial charge in [0.2, 0.25) is 5.82 Å². The number of fused-ring (bicyclic) bond motifs is 1. The second kappa shape index (κ2) is 9.53. The van der Waals surface area contributed by atoms with Gasteiger partial charge in [0.15, 0.2) is 17.5 Å². The molecule has 0 atom stereocenters. The average Bonchev–Trinajstić information content (AvgIpc) is 3.71. The van der Waals surface area contributed by atoms with Gasteiger partial charge in [-0.25, -0.2) is 9.97 Å². The van der Waals surface area contributed by atoms with Crippen LogP contribution in [-0.4, -0.2) is 43.4 Å². The van der Waals surface area contributed by atoms with Crippen LogP contribution in [0.4, 0.5) is 0 Å². The molecule has 0 saturated carbocycles. The molecule has 2 N–H and O–H groups in total. The topological polar surface area (TPSA) is 105 Å². The minimum absolute atomic E-state index is 0.211. The number of methoxy groups -OCH3 is 1. The van der Waals surface area contributed by atoms with Crippen LogP contribution in [0.1, 0.15) is 5.82 Å². The van der Waals surface area contributed by atoms with Crippen LogP contribution in [0.15, 0.2) is 83.9 Å². The summed E-state index contributed by atoms with van der Waals surface area (Å²) >= 11 is 1.68. The number of rotatable bonds is 5. The summed E-state index contributed by atoms with van der Waals surface area (Å²) in [7, 11) is 1.48. The van der Waals surface area contributed by atoms with Crippen LogP contribution < -0.4 is 0 Å². The van der Waals surface area contributed by atoms with E-state index in [4.69, 9.17) is 16.1 Å². The zero-order valence-electron chi connectivity index (χ0n) is 19.6. The number of thiophene rings is 1. The van der Waals surface area contributed by atoms with E-state index in [1.165, 1.54) is 11.8 Å². The second-order valence-electron chi connectivity index (χ2n) is 8.07. The van der Waals surface area contributed by atoms with E-state index in [-0.39, 0.29) is 5.90 Å². The number of nitrogens with zero attached hydrogens (tertiary/aromatic N) is 5. The van der Waals surface area contributed by atoms with Crippen LogP contribution in [0.2, 0.25) is 0 Å². The number of aliphatic imine (C=N–C) groups is 1. The number of ether oxygens (including phenoxy) is 1. The first-order valence-electron chi connectivity index (χ1n) is 11.3. The summed E-state index contributed by atoms with van der Waals surface area (Å²) < 4.78 is 6.33. The average molecular weight is 502 g/mol. The molecule has 6 rings (SSSR count). The maximum absolute atomic E-state index is 5.23. The summed E-state index contributed by atoms with van der Waals surface area (Å²) in [5.74, 6) is 2.57. The summed E-state index contributed by atoms with van der Waals surface area (Å²) in [6.45, 7) is 0. The molecule has 0 fully saturated rings. The number of hydrogen-bond donors (Lipinski definition) is 2. The number of nitrogens with one attached hydrogen (secondary N) is 2. The van der Waals surface area contributed by atoms with E-state index in [0.717, 1.165) is 38.3 Å². The Kier molecular flexibility index (Phi) is 5.77. The maximum Gasteiger partial charge on any atom is 0.267 e. The lowest BCUT2D eigenvalue weighted by Gasteiger charge is -2.03. The van der Waals surface area contributed by atoms with Crippen LogP contribution in [0.3, 0.4) is 0 Å². The zero-order valence-corrected chi connectivity index (χ0v) is 20.5. The van der Waals surface area contributed by atoms with E-state index in [1.54, 1.807) is 11.3 Å². The van der Waals surface area contributed by atoms with Gasteiger partial charge >= 0.3 is 0 Å². The van der Waals surface area contributed by atoms with Crippen molar-refractivity contribution in [3.8, 4) is 57.1 Å². The van der Waals surface area contributed by atoms with Gasteiger partial charge in [-0.05, 0) is 28.6 Å². The summed E-state index contributed by atoms with van der Waals surface area (Å²) in [6.07, 6.45) is 5.23. The van der Waals surface area contributed by atoms with E-state index >= 15 is 0 Å². The monoisotopic (exact) mass is 501 g/mol. The van der Waals surface area contributed by atoms with Gasteiger partial charge in [0.1, 0.15) is 0 Å². The third-order valence-corrected chi connectivity index (χ3v) is 6.90. The largest absolute Gasteiger partial charge is 0.478 e. The van der Waals surface area contributed by atoms with Gasteiger partial charge in [-0.2, -0.15) is 15.2 Å². The van der Waals surface area contributed by atoms with Gasteiger partial charge in [0, 0.05) is 21.9 Å². The Balaban J connectivity index is 1.25. The van der Waals surface area contributed by atoms with Crippen LogP contribution in [0.5, 0.6) is 0 Å².